The highest BCUT2D eigenvalue weighted by Gasteiger charge is 2.12. The van der Waals surface area contributed by atoms with Crippen molar-refractivity contribution >= 4 is 45.2 Å². The fraction of sp³-hybridized carbons (Fsp3) is 0.0909. The molecule has 0 spiro atoms. The van der Waals surface area contributed by atoms with E-state index in [0.29, 0.717) is 34.6 Å². The number of nitriles is 1. The maximum Gasteiger partial charge on any atom is 0.266 e. The fourth-order valence-electron chi connectivity index (χ4n) is 2.53. The van der Waals surface area contributed by atoms with Crippen molar-refractivity contribution in [3.8, 4) is 23.1 Å². The molecule has 3 rings (SSSR count). The molecule has 0 saturated carbocycles. The molecule has 1 amide bonds. The number of furan rings is 1. The first-order valence-electron chi connectivity index (χ1n) is 8.71. The summed E-state index contributed by atoms with van der Waals surface area (Å²) in [7, 11) is 0. The van der Waals surface area contributed by atoms with E-state index in [4.69, 9.17) is 20.8 Å². The van der Waals surface area contributed by atoms with Gasteiger partial charge in [-0.1, -0.05) is 17.7 Å². The third-order valence-corrected chi connectivity index (χ3v) is 5.14. The summed E-state index contributed by atoms with van der Waals surface area (Å²) in [4.78, 5) is 12.4. The zero-order valence-electron chi connectivity index (χ0n) is 15.4. The summed E-state index contributed by atoms with van der Waals surface area (Å²) >= 11 is 9.46. The number of halogens is 2. The van der Waals surface area contributed by atoms with Gasteiger partial charge in [0.05, 0.1) is 11.6 Å². The Morgan fingerprint density at radius 3 is 2.66 bits per heavy atom. The van der Waals surface area contributed by atoms with Crippen LogP contribution in [0.25, 0.3) is 17.4 Å². The van der Waals surface area contributed by atoms with Crippen molar-refractivity contribution in [3.63, 3.8) is 0 Å². The standard InChI is InChI=1S/C22H16BrClN2O3/c1-2-28-17-6-4-16(5-7-17)26-22(27)15(13-25)11-18-8-10-21(29-18)14-3-9-19(23)20(24)12-14/h3-12H,2H2,1H3,(H,26,27)/b15-11-. The summed E-state index contributed by atoms with van der Waals surface area (Å²) in [5.74, 6) is 1.14. The summed E-state index contributed by atoms with van der Waals surface area (Å²) in [6.07, 6.45) is 1.40. The number of amides is 1. The maximum absolute atomic E-state index is 12.4. The number of ether oxygens (including phenoxy) is 1. The van der Waals surface area contributed by atoms with Crippen molar-refractivity contribution in [2.75, 3.05) is 11.9 Å². The van der Waals surface area contributed by atoms with Gasteiger partial charge in [-0.15, -0.1) is 0 Å². The van der Waals surface area contributed by atoms with Crippen LogP contribution in [0, 0.1) is 11.3 Å². The molecule has 1 heterocycles. The largest absolute Gasteiger partial charge is 0.494 e. The molecule has 0 radical (unpaired) electrons. The molecule has 146 valence electrons. The van der Waals surface area contributed by atoms with Gasteiger partial charge in [0.15, 0.2) is 0 Å². The molecule has 5 nitrogen and oxygen atoms in total. The lowest BCUT2D eigenvalue weighted by molar-refractivity contribution is -0.112. The van der Waals surface area contributed by atoms with Crippen LogP contribution < -0.4 is 10.1 Å². The first-order chi connectivity index (χ1) is 14.0. The Bertz CT molecular complexity index is 1100. The number of nitrogens with zero attached hydrogens (tertiary/aromatic N) is 1. The van der Waals surface area contributed by atoms with Gasteiger partial charge in [-0.05, 0) is 71.4 Å². The van der Waals surface area contributed by atoms with E-state index in [0.717, 1.165) is 10.0 Å². The van der Waals surface area contributed by atoms with E-state index >= 15 is 0 Å². The number of carbonyl (C=O) groups is 1. The maximum atomic E-state index is 12.4. The predicted molar refractivity (Wildman–Crippen MR) is 117 cm³/mol. The monoisotopic (exact) mass is 470 g/mol. The van der Waals surface area contributed by atoms with Crippen LogP contribution in [-0.2, 0) is 4.79 Å². The molecule has 0 bridgehead atoms. The van der Waals surface area contributed by atoms with E-state index in [-0.39, 0.29) is 5.57 Å². The highest BCUT2D eigenvalue weighted by Crippen LogP contribution is 2.30. The molecule has 0 unspecified atom stereocenters. The number of hydrogen-bond acceptors (Lipinski definition) is 4. The zero-order chi connectivity index (χ0) is 20.8. The lowest BCUT2D eigenvalue weighted by Gasteiger charge is -2.06. The molecule has 0 aliphatic rings. The molecule has 29 heavy (non-hydrogen) atoms. The molecule has 1 aromatic heterocycles. The highest BCUT2D eigenvalue weighted by molar-refractivity contribution is 9.10. The first kappa shape index (κ1) is 20.7. The average molecular weight is 472 g/mol. The Balaban J connectivity index is 1.75. The van der Waals surface area contributed by atoms with Crippen LogP contribution in [-0.4, -0.2) is 12.5 Å². The molecule has 7 heteroatoms. The van der Waals surface area contributed by atoms with Crippen LogP contribution in [0.1, 0.15) is 12.7 Å². The minimum Gasteiger partial charge on any atom is -0.494 e. The van der Waals surface area contributed by atoms with Crippen molar-refractivity contribution in [2.24, 2.45) is 0 Å². The second kappa shape index (κ2) is 9.46. The lowest BCUT2D eigenvalue weighted by atomic mass is 10.2. The smallest absolute Gasteiger partial charge is 0.266 e. The molecule has 0 fully saturated rings. The van der Waals surface area contributed by atoms with Crippen LogP contribution >= 0.6 is 27.5 Å². The number of rotatable bonds is 6. The van der Waals surface area contributed by atoms with Crippen molar-refractivity contribution in [1.82, 2.24) is 0 Å². The Hall–Kier alpha value is -3.01. The molecule has 0 aliphatic heterocycles. The summed E-state index contributed by atoms with van der Waals surface area (Å²) in [6.45, 7) is 2.45. The quantitative estimate of drug-likeness (QED) is 0.338. The Kier molecular flexibility index (Phi) is 6.76. The minimum atomic E-state index is -0.527. The summed E-state index contributed by atoms with van der Waals surface area (Å²) in [6, 6.07) is 17.7. The topological polar surface area (TPSA) is 75.3 Å². The van der Waals surface area contributed by atoms with E-state index in [1.165, 1.54) is 6.08 Å². The zero-order valence-corrected chi connectivity index (χ0v) is 17.8. The molecular weight excluding hydrogens is 456 g/mol. The van der Waals surface area contributed by atoms with Crippen LogP contribution in [0.2, 0.25) is 5.02 Å². The first-order valence-corrected chi connectivity index (χ1v) is 9.88. The van der Waals surface area contributed by atoms with E-state index in [1.54, 1.807) is 42.5 Å². The van der Waals surface area contributed by atoms with Gasteiger partial charge < -0.3 is 14.5 Å². The normalized spacial score (nSPS) is 11.0. The number of hydrogen-bond donors (Lipinski definition) is 1. The second-order valence-electron chi connectivity index (χ2n) is 5.91. The van der Waals surface area contributed by atoms with Crippen LogP contribution in [0.5, 0.6) is 5.75 Å². The Morgan fingerprint density at radius 1 is 1.24 bits per heavy atom. The minimum absolute atomic E-state index is 0.0753. The Morgan fingerprint density at radius 2 is 2.00 bits per heavy atom. The summed E-state index contributed by atoms with van der Waals surface area (Å²) in [5.41, 5.74) is 1.27. The number of anilines is 1. The molecule has 0 atom stereocenters. The van der Waals surface area contributed by atoms with Gasteiger partial charge in [0.1, 0.15) is 28.9 Å². The predicted octanol–water partition coefficient (Wildman–Crippen LogP) is 6.31. The van der Waals surface area contributed by atoms with Gasteiger partial charge in [0, 0.05) is 21.8 Å². The third kappa shape index (κ3) is 5.29. The van der Waals surface area contributed by atoms with Crippen molar-refractivity contribution in [2.45, 2.75) is 6.92 Å². The van der Waals surface area contributed by atoms with Crippen LogP contribution in [0.15, 0.2) is 69.1 Å². The number of carbonyl (C=O) groups excluding carboxylic acids is 1. The number of benzene rings is 2. The molecule has 3 aromatic rings. The SMILES string of the molecule is CCOc1ccc(NC(=O)/C(C#N)=C\c2ccc(-c3ccc(Br)c(Cl)c3)o2)cc1. The molecule has 1 N–H and O–H groups in total. The number of nitrogens with one attached hydrogen (secondary N) is 1. The summed E-state index contributed by atoms with van der Waals surface area (Å²) < 4.78 is 11.9. The molecular formula is C22H16BrClN2O3. The van der Waals surface area contributed by atoms with Crippen LogP contribution in [0.4, 0.5) is 5.69 Å². The van der Waals surface area contributed by atoms with Gasteiger partial charge in [-0.3, -0.25) is 4.79 Å². The van der Waals surface area contributed by atoms with Gasteiger partial charge >= 0.3 is 0 Å². The van der Waals surface area contributed by atoms with Gasteiger partial charge in [0.25, 0.3) is 5.91 Å². The van der Waals surface area contributed by atoms with Crippen molar-refractivity contribution in [3.05, 3.63) is 75.4 Å². The van der Waals surface area contributed by atoms with Gasteiger partial charge in [-0.2, -0.15) is 5.26 Å². The van der Waals surface area contributed by atoms with E-state index in [9.17, 15) is 10.1 Å². The Labute approximate surface area is 181 Å². The van der Waals surface area contributed by atoms with Crippen molar-refractivity contribution in [1.29, 1.82) is 5.26 Å². The van der Waals surface area contributed by atoms with E-state index in [2.05, 4.69) is 21.2 Å². The second-order valence-corrected chi connectivity index (χ2v) is 7.17. The van der Waals surface area contributed by atoms with Gasteiger partial charge in [-0.25, -0.2) is 0 Å². The van der Waals surface area contributed by atoms with Crippen LogP contribution in [0.3, 0.4) is 0 Å². The fourth-order valence-corrected chi connectivity index (χ4v) is 2.95. The average Bonchev–Trinajstić information content (AvgIpc) is 3.18. The van der Waals surface area contributed by atoms with Gasteiger partial charge in [0.2, 0.25) is 0 Å². The summed E-state index contributed by atoms with van der Waals surface area (Å²) in [5, 5.41) is 12.6. The highest BCUT2D eigenvalue weighted by atomic mass is 79.9. The van der Waals surface area contributed by atoms with Crippen molar-refractivity contribution < 1.29 is 13.9 Å². The van der Waals surface area contributed by atoms with E-state index in [1.807, 2.05) is 25.1 Å². The molecule has 0 aliphatic carbocycles. The molecule has 0 saturated heterocycles. The lowest BCUT2D eigenvalue weighted by Crippen LogP contribution is -2.13. The molecule has 2 aromatic carbocycles. The van der Waals surface area contributed by atoms with E-state index < -0.39 is 5.91 Å². The third-order valence-electron chi connectivity index (χ3n) is 3.91.